The van der Waals surface area contributed by atoms with Gasteiger partial charge in [0.1, 0.15) is 0 Å². The summed E-state index contributed by atoms with van der Waals surface area (Å²) in [6, 6.07) is 6.67. The van der Waals surface area contributed by atoms with Gasteiger partial charge in [0, 0.05) is 18.8 Å². The van der Waals surface area contributed by atoms with Gasteiger partial charge in [0.15, 0.2) is 0 Å². The van der Waals surface area contributed by atoms with Crippen molar-refractivity contribution in [3.8, 4) is 0 Å². The molecule has 2 nitrogen and oxygen atoms in total. The first-order valence-corrected chi connectivity index (χ1v) is 7.45. The molecule has 1 saturated heterocycles. The van der Waals surface area contributed by atoms with E-state index in [0.717, 1.165) is 13.1 Å². The fourth-order valence-electron chi connectivity index (χ4n) is 2.53. The molecule has 0 N–H and O–H groups in total. The third-order valence-electron chi connectivity index (χ3n) is 3.11. The molecule has 1 aromatic rings. The van der Waals surface area contributed by atoms with Crippen LogP contribution in [-0.4, -0.2) is 25.3 Å². The molecule has 19 heavy (non-hydrogen) atoms. The van der Waals surface area contributed by atoms with Gasteiger partial charge >= 0.3 is 0 Å². The first kappa shape index (κ1) is 16.0. The molecule has 0 radical (unpaired) electrons. The smallest absolute Gasteiger partial charge is 0.0726 e. The average Bonchev–Trinajstić information content (AvgIpc) is 2.28. The first-order valence-electron chi connectivity index (χ1n) is 7.45. The highest BCUT2D eigenvalue weighted by atomic mass is 16.5. The van der Waals surface area contributed by atoms with E-state index in [1.54, 1.807) is 0 Å². The Morgan fingerprint density at radius 3 is 2.11 bits per heavy atom. The topological polar surface area (TPSA) is 12.5 Å². The Morgan fingerprint density at radius 2 is 1.63 bits per heavy atom. The molecule has 1 aromatic carbocycles. The number of hydrogen-bond donors (Lipinski definition) is 0. The second-order valence-corrected chi connectivity index (χ2v) is 5.66. The van der Waals surface area contributed by atoms with Crippen LogP contribution in [0.5, 0.6) is 0 Å². The van der Waals surface area contributed by atoms with Crippen molar-refractivity contribution in [1.29, 1.82) is 0 Å². The molecule has 2 unspecified atom stereocenters. The van der Waals surface area contributed by atoms with E-state index in [9.17, 15) is 0 Å². The fourth-order valence-corrected chi connectivity index (χ4v) is 2.53. The van der Waals surface area contributed by atoms with Crippen LogP contribution in [0.2, 0.25) is 0 Å². The van der Waals surface area contributed by atoms with Crippen molar-refractivity contribution in [3.63, 3.8) is 0 Å². The van der Waals surface area contributed by atoms with Crippen molar-refractivity contribution >= 4 is 5.69 Å². The van der Waals surface area contributed by atoms with Gasteiger partial charge in [-0.3, -0.25) is 0 Å². The minimum Gasteiger partial charge on any atom is -0.372 e. The largest absolute Gasteiger partial charge is 0.372 e. The van der Waals surface area contributed by atoms with Gasteiger partial charge in [0.2, 0.25) is 0 Å². The second kappa shape index (κ2) is 7.54. The van der Waals surface area contributed by atoms with Gasteiger partial charge in [-0.1, -0.05) is 38.0 Å². The Balaban J connectivity index is 0.000000550. The normalized spacial score (nSPS) is 22.7. The number of aryl methyl sites for hydroxylation is 2. The third kappa shape index (κ3) is 4.87. The van der Waals surface area contributed by atoms with Crippen molar-refractivity contribution in [3.05, 3.63) is 29.3 Å². The molecule has 2 rings (SSSR count). The highest BCUT2D eigenvalue weighted by molar-refractivity contribution is 5.54. The Morgan fingerprint density at radius 1 is 1.11 bits per heavy atom. The Hall–Kier alpha value is -1.02. The van der Waals surface area contributed by atoms with E-state index in [-0.39, 0.29) is 0 Å². The van der Waals surface area contributed by atoms with Crippen molar-refractivity contribution in [1.82, 2.24) is 0 Å². The molecule has 108 valence electrons. The quantitative estimate of drug-likeness (QED) is 0.747. The molecule has 0 aromatic heterocycles. The fraction of sp³-hybridized carbons (Fsp3) is 0.647. The van der Waals surface area contributed by atoms with Gasteiger partial charge in [-0.25, -0.2) is 0 Å². The summed E-state index contributed by atoms with van der Waals surface area (Å²) in [6.07, 6.45) is 1.90. The number of morpholine rings is 1. The lowest BCUT2D eigenvalue weighted by molar-refractivity contribution is -0.00524. The van der Waals surface area contributed by atoms with E-state index >= 15 is 0 Å². The number of rotatable bonds is 1. The van der Waals surface area contributed by atoms with Gasteiger partial charge in [-0.2, -0.15) is 0 Å². The molecule has 2 atom stereocenters. The van der Waals surface area contributed by atoms with E-state index in [1.807, 2.05) is 0 Å². The lowest BCUT2D eigenvalue weighted by Crippen LogP contribution is -2.45. The van der Waals surface area contributed by atoms with Gasteiger partial charge in [-0.05, 0) is 39.3 Å². The van der Waals surface area contributed by atoms with Crippen LogP contribution in [0, 0.1) is 13.8 Å². The summed E-state index contributed by atoms with van der Waals surface area (Å²) in [6.45, 7) is 14.9. The molecular formula is C17H29NO. The van der Waals surface area contributed by atoms with Crippen molar-refractivity contribution in [2.45, 2.75) is 60.2 Å². The standard InChI is InChI=1S/C14H21NO.C3H8/c1-10-5-6-14(11(2)7-10)15-8-12(3)16-13(4)9-15;1-3-2/h5-7,12-13H,8-9H2,1-4H3;3H2,1-2H3. The molecule has 0 spiro atoms. The lowest BCUT2D eigenvalue weighted by atomic mass is 10.1. The third-order valence-corrected chi connectivity index (χ3v) is 3.11. The molecule has 1 aliphatic rings. The molecule has 1 fully saturated rings. The maximum Gasteiger partial charge on any atom is 0.0726 e. The summed E-state index contributed by atoms with van der Waals surface area (Å²) in [5.41, 5.74) is 4.05. The lowest BCUT2D eigenvalue weighted by Gasteiger charge is -2.37. The van der Waals surface area contributed by atoms with E-state index in [1.165, 1.54) is 23.2 Å². The summed E-state index contributed by atoms with van der Waals surface area (Å²) in [4.78, 5) is 2.44. The van der Waals surface area contributed by atoms with Crippen LogP contribution >= 0.6 is 0 Å². The van der Waals surface area contributed by atoms with Gasteiger partial charge < -0.3 is 9.64 Å². The summed E-state index contributed by atoms with van der Waals surface area (Å²) >= 11 is 0. The zero-order valence-electron chi connectivity index (χ0n) is 13.4. The van der Waals surface area contributed by atoms with Crippen molar-refractivity contribution in [2.24, 2.45) is 0 Å². The second-order valence-electron chi connectivity index (χ2n) is 5.66. The summed E-state index contributed by atoms with van der Waals surface area (Å²) in [7, 11) is 0. The SMILES string of the molecule is CCC.Cc1ccc(N2CC(C)OC(C)C2)c(C)c1. The maximum absolute atomic E-state index is 5.76. The maximum atomic E-state index is 5.76. The molecule has 0 bridgehead atoms. The van der Waals surface area contributed by atoms with E-state index < -0.39 is 0 Å². The highest BCUT2D eigenvalue weighted by Gasteiger charge is 2.23. The van der Waals surface area contributed by atoms with Crippen LogP contribution in [0.25, 0.3) is 0 Å². The van der Waals surface area contributed by atoms with Gasteiger partial charge in [0.25, 0.3) is 0 Å². The van der Waals surface area contributed by atoms with Gasteiger partial charge in [0.05, 0.1) is 12.2 Å². The zero-order valence-corrected chi connectivity index (χ0v) is 13.4. The summed E-state index contributed by atoms with van der Waals surface area (Å²) < 4.78 is 5.76. The Kier molecular flexibility index (Phi) is 6.36. The molecule has 2 heteroatoms. The Labute approximate surface area is 118 Å². The van der Waals surface area contributed by atoms with Crippen LogP contribution < -0.4 is 4.90 Å². The molecule has 1 aliphatic heterocycles. The molecule has 1 heterocycles. The monoisotopic (exact) mass is 263 g/mol. The number of nitrogens with zero attached hydrogens (tertiary/aromatic N) is 1. The number of ether oxygens (including phenoxy) is 1. The number of anilines is 1. The molecule has 0 amide bonds. The predicted molar refractivity (Wildman–Crippen MR) is 84.1 cm³/mol. The van der Waals surface area contributed by atoms with Crippen LogP contribution in [0.15, 0.2) is 18.2 Å². The van der Waals surface area contributed by atoms with Crippen molar-refractivity contribution < 1.29 is 4.74 Å². The predicted octanol–water partition coefficient (Wildman–Crippen LogP) is 4.33. The number of hydrogen-bond acceptors (Lipinski definition) is 2. The summed E-state index contributed by atoms with van der Waals surface area (Å²) in [5.74, 6) is 0. The minimum absolute atomic E-state index is 0.324. The average molecular weight is 263 g/mol. The first-order chi connectivity index (χ1) is 8.97. The van der Waals surface area contributed by atoms with E-state index in [2.05, 4.69) is 64.6 Å². The molecular weight excluding hydrogens is 234 g/mol. The molecule has 0 saturated carbocycles. The van der Waals surface area contributed by atoms with Crippen LogP contribution in [0.3, 0.4) is 0 Å². The van der Waals surface area contributed by atoms with Crippen LogP contribution in [-0.2, 0) is 4.74 Å². The van der Waals surface area contributed by atoms with Crippen LogP contribution in [0.4, 0.5) is 5.69 Å². The zero-order chi connectivity index (χ0) is 14.4. The van der Waals surface area contributed by atoms with E-state index in [4.69, 9.17) is 4.74 Å². The Bertz CT molecular complexity index is 379. The van der Waals surface area contributed by atoms with Crippen molar-refractivity contribution in [2.75, 3.05) is 18.0 Å². The van der Waals surface area contributed by atoms with Crippen LogP contribution in [0.1, 0.15) is 45.2 Å². The summed E-state index contributed by atoms with van der Waals surface area (Å²) in [5, 5.41) is 0. The molecule has 0 aliphatic carbocycles. The van der Waals surface area contributed by atoms with Gasteiger partial charge in [-0.15, -0.1) is 0 Å². The minimum atomic E-state index is 0.324. The van der Waals surface area contributed by atoms with E-state index in [0.29, 0.717) is 12.2 Å². The number of benzene rings is 1. The highest BCUT2D eigenvalue weighted by Crippen LogP contribution is 2.24.